The van der Waals surface area contributed by atoms with Crippen LogP contribution >= 0.6 is 0 Å². The fourth-order valence-electron chi connectivity index (χ4n) is 2.62. The van der Waals surface area contributed by atoms with Crippen LogP contribution in [-0.2, 0) is 0 Å². The molecule has 0 aliphatic heterocycles. The fraction of sp³-hybridized carbons (Fsp3) is 0.500. The van der Waals surface area contributed by atoms with Gasteiger partial charge in [-0.3, -0.25) is 0 Å². The molecule has 5 heteroatoms. The van der Waals surface area contributed by atoms with Crippen molar-refractivity contribution in [3.63, 3.8) is 0 Å². The molecule has 19 heavy (non-hydrogen) atoms. The summed E-state index contributed by atoms with van der Waals surface area (Å²) in [5, 5.41) is 3.32. The molecule has 1 aliphatic rings. The molecular weight excluding hydrogens is 240 g/mol. The molecule has 0 atom stereocenters. The SMILES string of the molecule is CN(C)C1(CNc2nc3ccc(N)cc3o2)CCC1. The number of oxazole rings is 1. The zero-order chi connectivity index (χ0) is 13.5. The van der Waals surface area contributed by atoms with Crippen molar-refractivity contribution in [3.8, 4) is 0 Å². The molecular formula is C14H20N4O. The Morgan fingerprint density at radius 3 is 2.84 bits per heavy atom. The number of benzene rings is 1. The maximum atomic E-state index is 5.73. The molecule has 0 unspecified atom stereocenters. The zero-order valence-corrected chi connectivity index (χ0v) is 11.4. The molecule has 3 rings (SSSR count). The lowest BCUT2D eigenvalue weighted by Gasteiger charge is -2.47. The first-order valence-corrected chi connectivity index (χ1v) is 6.66. The van der Waals surface area contributed by atoms with E-state index in [4.69, 9.17) is 10.2 Å². The Kier molecular flexibility index (Phi) is 2.86. The lowest BCUT2D eigenvalue weighted by Crippen LogP contribution is -2.54. The summed E-state index contributed by atoms with van der Waals surface area (Å²) in [5.41, 5.74) is 8.24. The Bertz CT molecular complexity index is 586. The lowest BCUT2D eigenvalue weighted by molar-refractivity contribution is 0.0734. The summed E-state index contributed by atoms with van der Waals surface area (Å²) in [6, 6.07) is 6.10. The minimum absolute atomic E-state index is 0.250. The van der Waals surface area contributed by atoms with Crippen molar-refractivity contribution < 1.29 is 4.42 Å². The van der Waals surface area contributed by atoms with Crippen molar-refractivity contribution in [2.24, 2.45) is 0 Å². The third-order valence-electron chi connectivity index (χ3n) is 4.21. The number of aromatic nitrogens is 1. The Morgan fingerprint density at radius 2 is 2.21 bits per heavy atom. The second-order valence-electron chi connectivity index (χ2n) is 5.57. The molecule has 5 nitrogen and oxygen atoms in total. The average molecular weight is 260 g/mol. The lowest BCUT2D eigenvalue weighted by atomic mass is 9.75. The van der Waals surface area contributed by atoms with E-state index in [1.807, 2.05) is 12.1 Å². The van der Waals surface area contributed by atoms with Gasteiger partial charge in [-0.15, -0.1) is 0 Å². The first kappa shape index (κ1) is 12.3. The second-order valence-corrected chi connectivity index (χ2v) is 5.57. The molecule has 1 saturated carbocycles. The molecule has 0 saturated heterocycles. The van der Waals surface area contributed by atoms with Crippen LogP contribution in [0.2, 0.25) is 0 Å². The van der Waals surface area contributed by atoms with Gasteiger partial charge in [-0.1, -0.05) is 0 Å². The molecule has 0 bridgehead atoms. The van der Waals surface area contributed by atoms with Crippen molar-refractivity contribution in [1.29, 1.82) is 0 Å². The maximum Gasteiger partial charge on any atom is 0.295 e. The third-order valence-corrected chi connectivity index (χ3v) is 4.21. The van der Waals surface area contributed by atoms with Crippen molar-refractivity contribution in [2.45, 2.75) is 24.8 Å². The van der Waals surface area contributed by atoms with Gasteiger partial charge in [0.1, 0.15) is 5.52 Å². The molecule has 2 aromatic rings. The minimum Gasteiger partial charge on any atom is -0.423 e. The van der Waals surface area contributed by atoms with Crippen LogP contribution < -0.4 is 11.1 Å². The van der Waals surface area contributed by atoms with E-state index in [0.29, 0.717) is 11.7 Å². The number of nitrogens with one attached hydrogen (secondary N) is 1. The zero-order valence-electron chi connectivity index (χ0n) is 11.4. The molecule has 102 valence electrons. The third kappa shape index (κ3) is 2.14. The van der Waals surface area contributed by atoms with Gasteiger partial charge in [0.25, 0.3) is 6.01 Å². The summed E-state index contributed by atoms with van der Waals surface area (Å²) in [4.78, 5) is 6.72. The van der Waals surface area contributed by atoms with Gasteiger partial charge in [0.15, 0.2) is 5.58 Å². The summed E-state index contributed by atoms with van der Waals surface area (Å²) < 4.78 is 5.67. The molecule has 0 amide bonds. The van der Waals surface area contributed by atoms with Crippen LogP contribution in [0.25, 0.3) is 11.1 Å². The number of nitrogens with zero attached hydrogens (tertiary/aromatic N) is 2. The van der Waals surface area contributed by atoms with E-state index in [2.05, 4.69) is 29.3 Å². The van der Waals surface area contributed by atoms with E-state index in [-0.39, 0.29) is 5.54 Å². The first-order chi connectivity index (χ1) is 9.09. The van der Waals surface area contributed by atoms with E-state index in [1.165, 1.54) is 19.3 Å². The van der Waals surface area contributed by atoms with E-state index in [1.54, 1.807) is 6.07 Å². The largest absolute Gasteiger partial charge is 0.423 e. The first-order valence-electron chi connectivity index (χ1n) is 6.66. The Hall–Kier alpha value is -1.75. The van der Waals surface area contributed by atoms with Crippen LogP contribution in [0.1, 0.15) is 19.3 Å². The monoisotopic (exact) mass is 260 g/mol. The molecule has 1 aliphatic carbocycles. The molecule has 1 heterocycles. The highest BCUT2D eigenvalue weighted by molar-refractivity contribution is 5.78. The molecule has 3 N–H and O–H groups in total. The van der Waals surface area contributed by atoms with Crippen LogP contribution in [-0.4, -0.2) is 36.1 Å². The molecule has 1 aromatic heterocycles. The summed E-state index contributed by atoms with van der Waals surface area (Å²) >= 11 is 0. The van der Waals surface area contributed by atoms with Gasteiger partial charge in [0.05, 0.1) is 0 Å². The van der Waals surface area contributed by atoms with E-state index >= 15 is 0 Å². The number of hydrogen-bond donors (Lipinski definition) is 2. The van der Waals surface area contributed by atoms with Gasteiger partial charge in [0.2, 0.25) is 0 Å². The number of nitrogen functional groups attached to an aromatic ring is 1. The number of likely N-dealkylation sites (N-methyl/N-ethyl adjacent to an activating group) is 1. The van der Waals surface area contributed by atoms with Gasteiger partial charge in [-0.2, -0.15) is 4.98 Å². The number of anilines is 2. The van der Waals surface area contributed by atoms with Crippen LogP contribution in [0.4, 0.5) is 11.7 Å². The molecule has 0 spiro atoms. The summed E-state index contributed by atoms with van der Waals surface area (Å²) in [5.74, 6) is 0. The maximum absolute atomic E-state index is 5.73. The topological polar surface area (TPSA) is 67.3 Å². The van der Waals surface area contributed by atoms with Crippen molar-refractivity contribution in [1.82, 2.24) is 9.88 Å². The smallest absolute Gasteiger partial charge is 0.295 e. The van der Waals surface area contributed by atoms with Gasteiger partial charge >= 0.3 is 0 Å². The Labute approximate surface area is 112 Å². The van der Waals surface area contributed by atoms with E-state index < -0.39 is 0 Å². The Balaban J connectivity index is 1.75. The van der Waals surface area contributed by atoms with Gasteiger partial charge in [0, 0.05) is 23.8 Å². The molecule has 0 radical (unpaired) electrons. The summed E-state index contributed by atoms with van der Waals surface area (Å²) in [6.45, 7) is 0.863. The van der Waals surface area contributed by atoms with Crippen molar-refractivity contribution in [3.05, 3.63) is 18.2 Å². The minimum atomic E-state index is 0.250. The quantitative estimate of drug-likeness (QED) is 0.826. The van der Waals surface area contributed by atoms with Gasteiger partial charge in [-0.05, 0) is 45.5 Å². The standard InChI is InChI=1S/C14H20N4O/c1-18(2)14(6-3-7-14)9-16-13-17-11-5-4-10(15)8-12(11)19-13/h4-5,8H,3,6-7,9,15H2,1-2H3,(H,16,17). The van der Waals surface area contributed by atoms with Crippen LogP contribution in [0.3, 0.4) is 0 Å². The number of rotatable bonds is 4. The fourth-order valence-corrected chi connectivity index (χ4v) is 2.62. The number of fused-ring (bicyclic) bond motifs is 1. The predicted molar refractivity (Wildman–Crippen MR) is 77.2 cm³/mol. The second kappa shape index (κ2) is 4.42. The highest BCUT2D eigenvalue weighted by Crippen LogP contribution is 2.36. The Morgan fingerprint density at radius 1 is 1.42 bits per heavy atom. The number of hydrogen-bond acceptors (Lipinski definition) is 5. The van der Waals surface area contributed by atoms with E-state index in [9.17, 15) is 0 Å². The highest BCUT2D eigenvalue weighted by Gasteiger charge is 2.39. The summed E-state index contributed by atoms with van der Waals surface area (Å²) in [6.07, 6.45) is 3.74. The van der Waals surface area contributed by atoms with Gasteiger partial charge < -0.3 is 20.4 Å². The number of nitrogens with two attached hydrogens (primary N) is 1. The van der Waals surface area contributed by atoms with Crippen LogP contribution in [0.5, 0.6) is 0 Å². The van der Waals surface area contributed by atoms with E-state index in [0.717, 1.165) is 17.6 Å². The van der Waals surface area contributed by atoms with Crippen LogP contribution in [0, 0.1) is 0 Å². The van der Waals surface area contributed by atoms with Crippen LogP contribution in [0.15, 0.2) is 22.6 Å². The van der Waals surface area contributed by atoms with Gasteiger partial charge in [-0.25, -0.2) is 0 Å². The van der Waals surface area contributed by atoms with Crippen molar-refractivity contribution in [2.75, 3.05) is 31.7 Å². The van der Waals surface area contributed by atoms with Crippen molar-refractivity contribution >= 4 is 22.8 Å². The predicted octanol–water partition coefficient (Wildman–Crippen LogP) is 2.31. The summed E-state index contributed by atoms with van der Waals surface area (Å²) in [7, 11) is 4.27. The molecule has 1 aromatic carbocycles. The normalized spacial score (nSPS) is 17.6. The molecule has 1 fully saturated rings. The average Bonchev–Trinajstić information content (AvgIpc) is 2.68. The highest BCUT2D eigenvalue weighted by atomic mass is 16.4.